The molecule has 1 fully saturated rings. The second-order valence-corrected chi connectivity index (χ2v) is 7.80. The average molecular weight is 421 g/mol. The fourth-order valence-electron chi connectivity index (χ4n) is 3.83. The van der Waals surface area contributed by atoms with E-state index in [2.05, 4.69) is 15.0 Å². The highest BCUT2D eigenvalue weighted by molar-refractivity contribution is 5.71. The van der Waals surface area contributed by atoms with Gasteiger partial charge in [-0.1, -0.05) is 0 Å². The van der Waals surface area contributed by atoms with Crippen LogP contribution in [0.15, 0.2) is 34.1 Å². The molecule has 0 unspecified atom stereocenters. The predicted molar refractivity (Wildman–Crippen MR) is 114 cm³/mol. The van der Waals surface area contributed by atoms with Crippen molar-refractivity contribution in [1.82, 2.24) is 24.1 Å². The minimum absolute atomic E-state index is 0.0617. The molecule has 10 heteroatoms. The summed E-state index contributed by atoms with van der Waals surface area (Å²) in [5.41, 5.74) is 0.265. The molecule has 10 nitrogen and oxygen atoms in total. The molecule has 31 heavy (non-hydrogen) atoms. The maximum Gasteiger partial charge on any atom is 0.318 e. The molecule has 1 saturated heterocycles. The van der Waals surface area contributed by atoms with Crippen LogP contribution in [0.2, 0.25) is 0 Å². The second kappa shape index (κ2) is 8.18. The van der Waals surface area contributed by atoms with Crippen LogP contribution >= 0.6 is 0 Å². The van der Waals surface area contributed by atoms with Crippen LogP contribution in [0.3, 0.4) is 0 Å². The van der Waals surface area contributed by atoms with Gasteiger partial charge >= 0.3 is 11.1 Å². The first-order chi connectivity index (χ1) is 14.9. The summed E-state index contributed by atoms with van der Waals surface area (Å²) in [5, 5.41) is 8.90. The van der Waals surface area contributed by atoms with Crippen LogP contribution in [-0.4, -0.2) is 43.3 Å². The fraction of sp³-hybridized carbons (Fsp3) is 0.429. The average Bonchev–Trinajstić information content (AvgIpc) is 2.78. The molecule has 160 valence electrons. The summed E-state index contributed by atoms with van der Waals surface area (Å²) < 4.78 is 8.56. The van der Waals surface area contributed by atoms with E-state index in [0.717, 1.165) is 0 Å². The van der Waals surface area contributed by atoms with Crippen molar-refractivity contribution >= 4 is 17.1 Å². The van der Waals surface area contributed by atoms with Crippen LogP contribution in [0.25, 0.3) is 11.2 Å². The lowest BCUT2D eigenvalue weighted by atomic mass is 10.0. The third-order valence-corrected chi connectivity index (χ3v) is 5.36. The van der Waals surface area contributed by atoms with E-state index in [1.54, 1.807) is 19.2 Å². The molecule has 0 bridgehead atoms. The van der Waals surface area contributed by atoms with Gasteiger partial charge in [0.05, 0.1) is 29.6 Å². The molecule has 0 aliphatic carbocycles. The molecule has 4 heterocycles. The molecule has 0 N–H and O–H groups in total. The molecule has 0 spiro atoms. The number of pyridine rings is 1. The smallest absolute Gasteiger partial charge is 0.318 e. The summed E-state index contributed by atoms with van der Waals surface area (Å²) in [7, 11) is 1.58. The molecule has 0 radical (unpaired) electrons. The zero-order valence-corrected chi connectivity index (χ0v) is 17.6. The molecule has 3 aromatic rings. The highest BCUT2D eigenvalue weighted by atomic mass is 16.5. The first kappa shape index (κ1) is 20.5. The van der Waals surface area contributed by atoms with E-state index in [9.17, 15) is 9.59 Å². The van der Waals surface area contributed by atoms with E-state index in [0.29, 0.717) is 54.5 Å². The van der Waals surface area contributed by atoms with Gasteiger partial charge in [-0.05, 0) is 32.8 Å². The number of nitriles is 1. The Bertz CT molecular complexity index is 1260. The van der Waals surface area contributed by atoms with Crippen molar-refractivity contribution in [2.45, 2.75) is 38.8 Å². The Balaban J connectivity index is 1.68. The Kier molecular flexibility index (Phi) is 5.42. The van der Waals surface area contributed by atoms with Gasteiger partial charge in [-0.25, -0.2) is 9.97 Å². The fourth-order valence-corrected chi connectivity index (χ4v) is 3.83. The summed E-state index contributed by atoms with van der Waals surface area (Å²) in [6, 6.07) is 5.30. The number of nitrogens with zero attached hydrogens (tertiary/aromatic N) is 7. The number of piperidine rings is 1. The number of aryl methyl sites for hydroxylation is 1. The van der Waals surface area contributed by atoms with Crippen molar-refractivity contribution < 1.29 is 4.74 Å². The van der Waals surface area contributed by atoms with E-state index in [4.69, 9.17) is 10.00 Å². The number of rotatable bonds is 4. The summed E-state index contributed by atoms with van der Waals surface area (Å²) in [6.45, 7) is 5.03. The van der Waals surface area contributed by atoms with E-state index in [-0.39, 0.29) is 12.1 Å². The lowest BCUT2D eigenvalue weighted by Crippen LogP contribution is -2.45. The standard InChI is InChI=1S/C21H23N7O3/c1-13(2)31-17-5-4-16-18(25-17)28(20(30)19(29)26(16)3)15-6-8-27(9-7-15)21-23-11-14(10-22)12-24-21/h4-5,11-13,15H,6-9H2,1-3H3. The Morgan fingerprint density at radius 3 is 2.42 bits per heavy atom. The minimum Gasteiger partial charge on any atom is -0.475 e. The third-order valence-electron chi connectivity index (χ3n) is 5.36. The number of fused-ring (bicyclic) bond motifs is 1. The Hall–Kier alpha value is -3.74. The zero-order valence-electron chi connectivity index (χ0n) is 17.6. The van der Waals surface area contributed by atoms with Gasteiger partial charge in [0.25, 0.3) is 0 Å². The SMILES string of the molecule is CC(C)Oc1ccc2c(n1)n(C1CCN(c3ncc(C#N)cn3)CC1)c(=O)c(=O)n2C. The van der Waals surface area contributed by atoms with Crippen molar-refractivity contribution in [2.24, 2.45) is 7.05 Å². The van der Waals surface area contributed by atoms with Gasteiger partial charge in [0, 0.05) is 32.2 Å². The third kappa shape index (κ3) is 3.86. The van der Waals surface area contributed by atoms with Crippen LogP contribution in [0.4, 0.5) is 5.95 Å². The van der Waals surface area contributed by atoms with Crippen LogP contribution < -0.4 is 20.8 Å². The molecular formula is C21H23N7O3. The van der Waals surface area contributed by atoms with Crippen molar-refractivity contribution in [3.8, 4) is 11.9 Å². The van der Waals surface area contributed by atoms with Gasteiger partial charge in [0.2, 0.25) is 11.8 Å². The topological polar surface area (TPSA) is 119 Å². The van der Waals surface area contributed by atoms with Crippen LogP contribution in [-0.2, 0) is 7.05 Å². The number of hydrogen-bond donors (Lipinski definition) is 0. The summed E-state index contributed by atoms with van der Waals surface area (Å²) >= 11 is 0. The Labute approximate surface area is 178 Å². The maximum atomic E-state index is 12.9. The normalized spacial score (nSPS) is 14.7. The predicted octanol–water partition coefficient (Wildman–Crippen LogP) is 1.39. The largest absolute Gasteiger partial charge is 0.475 e. The quantitative estimate of drug-likeness (QED) is 0.580. The number of anilines is 1. The van der Waals surface area contributed by atoms with E-state index >= 15 is 0 Å². The molecular weight excluding hydrogens is 398 g/mol. The van der Waals surface area contributed by atoms with Crippen LogP contribution in [0, 0.1) is 11.3 Å². The highest BCUT2D eigenvalue weighted by Crippen LogP contribution is 2.26. The molecule has 1 aliphatic heterocycles. The number of ether oxygens (including phenoxy) is 1. The van der Waals surface area contributed by atoms with Gasteiger partial charge in [-0.3, -0.25) is 14.2 Å². The summed E-state index contributed by atoms with van der Waals surface area (Å²) in [5.74, 6) is 0.960. The lowest BCUT2D eigenvalue weighted by molar-refractivity contribution is 0.233. The lowest BCUT2D eigenvalue weighted by Gasteiger charge is -2.33. The van der Waals surface area contributed by atoms with Crippen molar-refractivity contribution in [3.05, 3.63) is 50.8 Å². The van der Waals surface area contributed by atoms with Gasteiger partial charge < -0.3 is 14.2 Å². The molecule has 1 aliphatic rings. The Morgan fingerprint density at radius 2 is 1.81 bits per heavy atom. The zero-order chi connectivity index (χ0) is 22.1. The molecule has 4 rings (SSSR count). The van der Waals surface area contributed by atoms with Gasteiger partial charge in [-0.15, -0.1) is 0 Å². The van der Waals surface area contributed by atoms with Crippen molar-refractivity contribution in [2.75, 3.05) is 18.0 Å². The Morgan fingerprint density at radius 1 is 1.13 bits per heavy atom. The van der Waals surface area contributed by atoms with Gasteiger partial charge in [0.15, 0.2) is 5.65 Å². The van der Waals surface area contributed by atoms with E-state index in [1.807, 2.05) is 24.8 Å². The van der Waals surface area contributed by atoms with Crippen molar-refractivity contribution in [3.63, 3.8) is 0 Å². The highest BCUT2D eigenvalue weighted by Gasteiger charge is 2.26. The van der Waals surface area contributed by atoms with E-state index in [1.165, 1.54) is 21.5 Å². The monoisotopic (exact) mass is 421 g/mol. The minimum atomic E-state index is -0.586. The first-order valence-electron chi connectivity index (χ1n) is 10.1. The molecule has 0 saturated carbocycles. The molecule has 0 amide bonds. The maximum absolute atomic E-state index is 12.9. The number of aromatic nitrogens is 5. The van der Waals surface area contributed by atoms with Crippen LogP contribution in [0.5, 0.6) is 5.88 Å². The van der Waals surface area contributed by atoms with Crippen LogP contribution in [0.1, 0.15) is 38.3 Å². The van der Waals surface area contributed by atoms with Crippen molar-refractivity contribution in [1.29, 1.82) is 5.26 Å². The number of hydrogen-bond acceptors (Lipinski definition) is 8. The molecule has 0 aromatic carbocycles. The van der Waals surface area contributed by atoms with Gasteiger partial charge in [0.1, 0.15) is 6.07 Å². The summed E-state index contributed by atoms with van der Waals surface area (Å²) in [6.07, 6.45) is 4.18. The van der Waals surface area contributed by atoms with E-state index < -0.39 is 11.1 Å². The first-order valence-corrected chi connectivity index (χ1v) is 10.1. The summed E-state index contributed by atoms with van der Waals surface area (Å²) in [4.78, 5) is 40.6. The second-order valence-electron chi connectivity index (χ2n) is 7.80. The molecule has 0 atom stereocenters. The molecule has 3 aromatic heterocycles. The van der Waals surface area contributed by atoms with Gasteiger partial charge in [-0.2, -0.15) is 10.2 Å².